The summed E-state index contributed by atoms with van der Waals surface area (Å²) < 4.78 is 42.4. The van der Waals surface area contributed by atoms with Gasteiger partial charge in [-0.2, -0.15) is 0 Å². The number of ether oxygens (including phenoxy) is 1. The first-order valence-corrected chi connectivity index (χ1v) is 14.6. The summed E-state index contributed by atoms with van der Waals surface area (Å²) in [6, 6.07) is 23.3. The number of alkyl halides is 2. The van der Waals surface area contributed by atoms with Crippen molar-refractivity contribution in [3.63, 3.8) is 0 Å². The standard InChI is InChI=1S/C34H29F2N5O3/c35-32(40-19-37-26-5-1-3-7-28(26)40)25-17-24(23-14-11-21(12-15-23)13-16-30(42)43)34(44-18-22-9-10-22)39-31(25)33(36)41-20-38-27-6-2-4-8-29(27)41/h1-8,11-12,14-15,17,19-20,22,32-33H,9-10,13,16,18H2,(H,42,43). The van der Waals surface area contributed by atoms with Gasteiger partial charge < -0.3 is 9.84 Å². The number of imidazole rings is 2. The van der Waals surface area contributed by atoms with Gasteiger partial charge in [0.1, 0.15) is 5.69 Å². The predicted molar refractivity (Wildman–Crippen MR) is 162 cm³/mol. The third-order valence-electron chi connectivity index (χ3n) is 8.03. The Morgan fingerprint density at radius 1 is 0.886 bits per heavy atom. The summed E-state index contributed by atoms with van der Waals surface area (Å²) in [5.74, 6) is -0.262. The van der Waals surface area contributed by atoms with Gasteiger partial charge in [0.25, 0.3) is 0 Å². The van der Waals surface area contributed by atoms with Crippen LogP contribution in [0.25, 0.3) is 33.2 Å². The van der Waals surface area contributed by atoms with Crippen LogP contribution in [0.1, 0.15) is 48.7 Å². The Bertz CT molecular complexity index is 1970. The van der Waals surface area contributed by atoms with E-state index in [-0.39, 0.29) is 23.6 Å². The normalized spacial score (nSPS) is 14.6. The van der Waals surface area contributed by atoms with Crippen LogP contribution in [0.2, 0.25) is 0 Å². The number of rotatable bonds is 11. The number of aromatic nitrogens is 5. The first kappa shape index (κ1) is 27.7. The Hall–Kier alpha value is -5.12. The molecule has 1 saturated carbocycles. The number of benzene rings is 3. The van der Waals surface area contributed by atoms with Gasteiger partial charge in [0, 0.05) is 17.5 Å². The average molecular weight is 594 g/mol. The molecule has 6 aromatic rings. The fourth-order valence-electron chi connectivity index (χ4n) is 5.41. The minimum absolute atomic E-state index is 0.0126. The molecule has 2 atom stereocenters. The molecule has 2 unspecified atom stereocenters. The molecular weight excluding hydrogens is 564 g/mol. The molecule has 3 heterocycles. The van der Waals surface area contributed by atoms with E-state index in [1.807, 2.05) is 36.4 Å². The van der Waals surface area contributed by atoms with Gasteiger partial charge in [0.2, 0.25) is 18.5 Å². The van der Waals surface area contributed by atoms with Gasteiger partial charge in [0.15, 0.2) is 0 Å². The molecule has 44 heavy (non-hydrogen) atoms. The predicted octanol–water partition coefficient (Wildman–Crippen LogP) is 7.29. The van der Waals surface area contributed by atoms with Crippen molar-refractivity contribution in [2.24, 2.45) is 5.92 Å². The number of carboxylic acid groups (broad SMARTS) is 1. The highest BCUT2D eigenvalue weighted by molar-refractivity contribution is 5.77. The molecule has 8 nitrogen and oxygen atoms in total. The smallest absolute Gasteiger partial charge is 0.303 e. The van der Waals surface area contributed by atoms with E-state index in [4.69, 9.17) is 14.8 Å². The maximum Gasteiger partial charge on any atom is 0.303 e. The lowest BCUT2D eigenvalue weighted by atomic mass is 9.99. The molecule has 1 fully saturated rings. The number of carboxylic acids is 1. The summed E-state index contributed by atoms with van der Waals surface area (Å²) in [4.78, 5) is 24.5. The zero-order valence-corrected chi connectivity index (χ0v) is 23.7. The average Bonchev–Trinajstić information content (AvgIpc) is 3.62. The van der Waals surface area contributed by atoms with Crippen LogP contribution in [-0.4, -0.2) is 41.8 Å². The van der Waals surface area contributed by atoms with E-state index in [9.17, 15) is 4.79 Å². The summed E-state index contributed by atoms with van der Waals surface area (Å²) >= 11 is 0. The minimum atomic E-state index is -1.86. The van der Waals surface area contributed by atoms with E-state index in [0.717, 1.165) is 18.4 Å². The van der Waals surface area contributed by atoms with E-state index in [2.05, 4.69) is 9.97 Å². The topological polar surface area (TPSA) is 95.1 Å². The molecule has 0 aliphatic heterocycles. The van der Waals surface area contributed by atoms with Crippen LogP contribution >= 0.6 is 0 Å². The molecule has 1 N–H and O–H groups in total. The number of para-hydroxylation sites is 4. The SMILES string of the molecule is O=C(O)CCc1ccc(-c2cc(C(F)n3cnc4ccccc43)c(C(F)n3cnc4ccccc43)nc2OCC2CC2)cc1. The maximum absolute atomic E-state index is 16.8. The van der Waals surface area contributed by atoms with Crippen molar-refractivity contribution in [2.75, 3.05) is 6.61 Å². The van der Waals surface area contributed by atoms with Gasteiger partial charge in [0.05, 0.1) is 41.3 Å². The number of fused-ring (bicyclic) bond motifs is 2. The second kappa shape index (κ2) is 11.5. The monoisotopic (exact) mass is 593 g/mol. The van der Waals surface area contributed by atoms with Crippen molar-refractivity contribution in [1.82, 2.24) is 24.1 Å². The third kappa shape index (κ3) is 5.39. The molecule has 1 aliphatic rings. The number of hydrogen-bond acceptors (Lipinski definition) is 5. The molecule has 10 heteroatoms. The summed E-state index contributed by atoms with van der Waals surface area (Å²) in [7, 11) is 0. The fraction of sp³-hybridized carbons (Fsp3) is 0.235. The second-order valence-electron chi connectivity index (χ2n) is 11.1. The van der Waals surface area contributed by atoms with Crippen LogP contribution in [0.4, 0.5) is 8.78 Å². The van der Waals surface area contributed by atoms with Crippen LogP contribution in [0.3, 0.4) is 0 Å². The molecule has 0 radical (unpaired) electrons. The van der Waals surface area contributed by atoms with Gasteiger partial charge in [-0.3, -0.25) is 13.9 Å². The van der Waals surface area contributed by atoms with E-state index in [0.29, 0.717) is 52.1 Å². The zero-order chi connectivity index (χ0) is 30.2. The Balaban J connectivity index is 1.38. The second-order valence-corrected chi connectivity index (χ2v) is 11.1. The molecule has 3 aromatic carbocycles. The van der Waals surface area contributed by atoms with E-state index >= 15 is 8.78 Å². The number of halogens is 2. The lowest BCUT2D eigenvalue weighted by Crippen LogP contribution is -2.16. The molecule has 0 saturated heterocycles. The first-order valence-electron chi connectivity index (χ1n) is 14.6. The lowest BCUT2D eigenvalue weighted by Gasteiger charge is -2.22. The van der Waals surface area contributed by atoms with Gasteiger partial charge in [-0.15, -0.1) is 0 Å². The van der Waals surface area contributed by atoms with Crippen molar-refractivity contribution in [3.05, 3.63) is 108 Å². The molecular formula is C34H29F2N5O3. The molecule has 3 aromatic heterocycles. The Kier molecular flexibility index (Phi) is 7.25. The zero-order valence-electron chi connectivity index (χ0n) is 23.7. The molecule has 0 amide bonds. The Morgan fingerprint density at radius 3 is 2.11 bits per heavy atom. The van der Waals surface area contributed by atoms with Crippen LogP contribution in [-0.2, 0) is 11.2 Å². The van der Waals surface area contributed by atoms with Crippen molar-refractivity contribution in [1.29, 1.82) is 0 Å². The van der Waals surface area contributed by atoms with Gasteiger partial charge >= 0.3 is 5.97 Å². The Labute approximate surface area is 251 Å². The molecule has 222 valence electrons. The lowest BCUT2D eigenvalue weighted by molar-refractivity contribution is -0.136. The summed E-state index contributed by atoms with van der Waals surface area (Å²) in [5.41, 5.74) is 4.32. The van der Waals surface area contributed by atoms with Gasteiger partial charge in [-0.25, -0.2) is 23.7 Å². The van der Waals surface area contributed by atoms with E-state index < -0.39 is 18.6 Å². The fourth-order valence-corrected chi connectivity index (χ4v) is 5.41. The molecule has 1 aliphatic carbocycles. The Morgan fingerprint density at radius 2 is 1.50 bits per heavy atom. The number of nitrogens with zero attached hydrogens (tertiary/aromatic N) is 5. The van der Waals surface area contributed by atoms with Crippen molar-refractivity contribution in [3.8, 4) is 17.0 Å². The van der Waals surface area contributed by atoms with E-state index in [1.165, 1.54) is 21.8 Å². The molecule has 7 rings (SSSR count). The van der Waals surface area contributed by atoms with E-state index in [1.54, 1.807) is 42.5 Å². The van der Waals surface area contributed by atoms with Gasteiger partial charge in [-0.1, -0.05) is 48.5 Å². The third-order valence-corrected chi connectivity index (χ3v) is 8.03. The minimum Gasteiger partial charge on any atom is -0.481 e. The van der Waals surface area contributed by atoms with Crippen LogP contribution in [0.5, 0.6) is 5.88 Å². The van der Waals surface area contributed by atoms with Crippen molar-refractivity contribution >= 4 is 28.0 Å². The van der Waals surface area contributed by atoms with Crippen LogP contribution in [0, 0.1) is 5.92 Å². The molecule has 0 bridgehead atoms. The highest BCUT2D eigenvalue weighted by Crippen LogP contribution is 2.40. The largest absolute Gasteiger partial charge is 0.481 e. The number of pyridine rings is 1. The molecule has 0 spiro atoms. The quantitative estimate of drug-likeness (QED) is 0.170. The van der Waals surface area contributed by atoms with Crippen molar-refractivity contribution < 1.29 is 23.4 Å². The van der Waals surface area contributed by atoms with Crippen molar-refractivity contribution in [2.45, 2.75) is 38.3 Å². The van der Waals surface area contributed by atoms with Crippen LogP contribution < -0.4 is 4.74 Å². The highest BCUT2D eigenvalue weighted by atomic mass is 19.1. The first-order chi connectivity index (χ1) is 21.5. The number of aryl methyl sites for hydroxylation is 1. The summed E-state index contributed by atoms with van der Waals surface area (Å²) in [6.07, 6.45) is 1.62. The summed E-state index contributed by atoms with van der Waals surface area (Å²) in [6.45, 7) is 0.422. The van der Waals surface area contributed by atoms with Crippen LogP contribution in [0.15, 0.2) is 91.5 Å². The highest BCUT2D eigenvalue weighted by Gasteiger charge is 2.30. The number of hydrogen-bond donors (Lipinski definition) is 1. The number of aliphatic carboxylic acids is 1. The maximum atomic E-state index is 16.8. The van der Waals surface area contributed by atoms with Gasteiger partial charge in [-0.05, 0) is 66.6 Å². The number of carbonyl (C=O) groups is 1. The summed E-state index contributed by atoms with van der Waals surface area (Å²) in [5, 5.41) is 9.07.